The molecule has 0 bridgehead atoms. The first-order valence-electron chi connectivity index (χ1n) is 6.65. The molecule has 3 N–H and O–H groups in total. The van der Waals surface area contributed by atoms with E-state index in [2.05, 4.69) is 10.2 Å². The average molecular weight is 292 g/mol. The SMILES string of the molecule is Cc1cccc(CC(NN)c2ccccc2OC(F)F)c1. The minimum Gasteiger partial charge on any atom is -0.434 e. The molecule has 0 spiro atoms. The lowest BCUT2D eigenvalue weighted by Gasteiger charge is -2.20. The molecule has 0 saturated heterocycles. The normalized spacial score (nSPS) is 12.4. The number of ether oxygens (including phenoxy) is 1. The van der Waals surface area contributed by atoms with Gasteiger partial charge in [-0.3, -0.25) is 11.3 Å². The van der Waals surface area contributed by atoms with Crippen LogP contribution in [0.3, 0.4) is 0 Å². The van der Waals surface area contributed by atoms with Crippen LogP contribution in [-0.4, -0.2) is 6.61 Å². The average Bonchev–Trinajstić information content (AvgIpc) is 2.45. The Morgan fingerprint density at radius 1 is 1.14 bits per heavy atom. The number of alkyl halides is 2. The first-order valence-corrected chi connectivity index (χ1v) is 6.65. The molecular formula is C16H18F2N2O. The molecule has 0 saturated carbocycles. The van der Waals surface area contributed by atoms with Crippen LogP contribution in [0.25, 0.3) is 0 Å². The molecule has 0 aliphatic rings. The maximum absolute atomic E-state index is 12.5. The lowest BCUT2D eigenvalue weighted by Crippen LogP contribution is -2.30. The van der Waals surface area contributed by atoms with Gasteiger partial charge < -0.3 is 4.74 Å². The minimum atomic E-state index is -2.86. The quantitative estimate of drug-likeness (QED) is 0.634. The van der Waals surface area contributed by atoms with Gasteiger partial charge in [0.1, 0.15) is 5.75 Å². The highest BCUT2D eigenvalue weighted by Crippen LogP contribution is 2.28. The zero-order valence-electron chi connectivity index (χ0n) is 11.7. The Morgan fingerprint density at radius 3 is 2.57 bits per heavy atom. The van der Waals surface area contributed by atoms with E-state index in [9.17, 15) is 8.78 Å². The summed E-state index contributed by atoms with van der Waals surface area (Å²) in [6, 6.07) is 14.4. The van der Waals surface area contributed by atoms with Gasteiger partial charge >= 0.3 is 6.61 Å². The highest BCUT2D eigenvalue weighted by molar-refractivity contribution is 5.37. The van der Waals surface area contributed by atoms with Gasteiger partial charge in [0, 0.05) is 5.56 Å². The molecule has 2 aromatic carbocycles. The van der Waals surface area contributed by atoms with E-state index in [1.165, 1.54) is 6.07 Å². The first-order chi connectivity index (χ1) is 10.1. The summed E-state index contributed by atoms with van der Waals surface area (Å²) in [5.41, 5.74) is 5.50. The van der Waals surface area contributed by atoms with Crippen LogP contribution < -0.4 is 16.0 Å². The van der Waals surface area contributed by atoms with E-state index >= 15 is 0 Å². The topological polar surface area (TPSA) is 47.3 Å². The Morgan fingerprint density at radius 2 is 1.90 bits per heavy atom. The summed E-state index contributed by atoms with van der Waals surface area (Å²) in [5, 5.41) is 0. The molecule has 0 radical (unpaired) electrons. The number of aryl methyl sites for hydroxylation is 1. The van der Waals surface area contributed by atoms with Gasteiger partial charge in [-0.1, -0.05) is 48.0 Å². The van der Waals surface area contributed by atoms with E-state index in [1.54, 1.807) is 18.2 Å². The predicted molar refractivity (Wildman–Crippen MR) is 78.0 cm³/mol. The van der Waals surface area contributed by atoms with E-state index in [0.29, 0.717) is 12.0 Å². The molecule has 5 heteroatoms. The summed E-state index contributed by atoms with van der Waals surface area (Å²) in [7, 11) is 0. The molecule has 0 aliphatic carbocycles. The summed E-state index contributed by atoms with van der Waals surface area (Å²) >= 11 is 0. The Hall–Kier alpha value is -1.98. The van der Waals surface area contributed by atoms with Crippen LogP contribution in [-0.2, 0) is 6.42 Å². The third-order valence-corrected chi connectivity index (χ3v) is 3.23. The summed E-state index contributed by atoms with van der Waals surface area (Å²) in [5.74, 6) is 5.74. The second-order valence-electron chi connectivity index (χ2n) is 4.83. The molecule has 1 atom stereocenters. The summed E-state index contributed by atoms with van der Waals surface area (Å²) in [6.07, 6.45) is 0.585. The number of nitrogens with two attached hydrogens (primary N) is 1. The monoisotopic (exact) mass is 292 g/mol. The second kappa shape index (κ2) is 7.15. The number of para-hydroxylation sites is 1. The fraction of sp³-hybridized carbons (Fsp3) is 0.250. The fourth-order valence-electron chi connectivity index (χ4n) is 2.31. The van der Waals surface area contributed by atoms with Crippen LogP contribution >= 0.6 is 0 Å². The highest BCUT2D eigenvalue weighted by atomic mass is 19.3. The van der Waals surface area contributed by atoms with Crippen molar-refractivity contribution in [3.8, 4) is 5.75 Å². The van der Waals surface area contributed by atoms with Crippen molar-refractivity contribution in [1.82, 2.24) is 5.43 Å². The minimum absolute atomic E-state index is 0.142. The zero-order chi connectivity index (χ0) is 15.2. The van der Waals surface area contributed by atoms with E-state index in [0.717, 1.165) is 11.1 Å². The predicted octanol–water partition coefficient (Wildman–Crippen LogP) is 3.34. The largest absolute Gasteiger partial charge is 0.434 e. The van der Waals surface area contributed by atoms with Crippen LogP contribution in [0.15, 0.2) is 48.5 Å². The zero-order valence-corrected chi connectivity index (χ0v) is 11.7. The number of benzene rings is 2. The molecule has 0 fully saturated rings. The molecular weight excluding hydrogens is 274 g/mol. The van der Waals surface area contributed by atoms with Gasteiger partial charge in [-0.25, -0.2) is 0 Å². The molecule has 0 heterocycles. The third-order valence-electron chi connectivity index (χ3n) is 3.23. The molecule has 0 amide bonds. The Labute approximate surface area is 122 Å². The van der Waals surface area contributed by atoms with E-state index in [4.69, 9.17) is 5.84 Å². The van der Waals surface area contributed by atoms with Crippen molar-refractivity contribution in [2.24, 2.45) is 5.84 Å². The van der Waals surface area contributed by atoms with Gasteiger partial charge in [-0.15, -0.1) is 0 Å². The molecule has 0 aromatic heterocycles. The van der Waals surface area contributed by atoms with Gasteiger partial charge in [-0.05, 0) is 25.0 Å². The third kappa shape index (κ3) is 4.24. The highest BCUT2D eigenvalue weighted by Gasteiger charge is 2.17. The number of rotatable bonds is 6. The molecule has 0 aliphatic heterocycles. The Kier molecular flexibility index (Phi) is 5.25. The molecule has 112 valence electrons. The number of nitrogens with one attached hydrogen (secondary N) is 1. The molecule has 2 rings (SSSR count). The number of hydrogen-bond donors (Lipinski definition) is 2. The molecule has 21 heavy (non-hydrogen) atoms. The maximum Gasteiger partial charge on any atom is 0.387 e. The molecule has 3 nitrogen and oxygen atoms in total. The van der Waals surface area contributed by atoms with Crippen LogP contribution in [0, 0.1) is 6.92 Å². The van der Waals surface area contributed by atoms with Gasteiger partial charge in [0.15, 0.2) is 0 Å². The van der Waals surface area contributed by atoms with Crippen molar-refractivity contribution in [3.05, 3.63) is 65.2 Å². The lowest BCUT2D eigenvalue weighted by molar-refractivity contribution is -0.0507. The number of hydrogen-bond acceptors (Lipinski definition) is 3. The van der Waals surface area contributed by atoms with Crippen molar-refractivity contribution in [2.45, 2.75) is 26.0 Å². The van der Waals surface area contributed by atoms with Crippen molar-refractivity contribution < 1.29 is 13.5 Å². The Bertz CT molecular complexity index is 590. The molecule has 2 aromatic rings. The lowest BCUT2D eigenvalue weighted by atomic mass is 9.97. The summed E-state index contributed by atoms with van der Waals surface area (Å²) in [4.78, 5) is 0. The smallest absolute Gasteiger partial charge is 0.387 e. The van der Waals surface area contributed by atoms with Crippen LogP contribution in [0.1, 0.15) is 22.7 Å². The summed E-state index contributed by atoms with van der Waals surface area (Å²) < 4.78 is 29.5. The standard InChI is InChI=1S/C16H18F2N2O/c1-11-5-4-6-12(9-11)10-14(20-19)13-7-2-3-8-15(13)21-16(17)18/h2-9,14,16,20H,10,19H2,1H3. The second-order valence-corrected chi connectivity index (χ2v) is 4.83. The van der Waals surface area contributed by atoms with Crippen LogP contribution in [0.4, 0.5) is 8.78 Å². The fourth-order valence-corrected chi connectivity index (χ4v) is 2.31. The van der Waals surface area contributed by atoms with Crippen molar-refractivity contribution in [1.29, 1.82) is 0 Å². The number of halogens is 2. The van der Waals surface area contributed by atoms with E-state index in [1.807, 2.05) is 31.2 Å². The molecule has 1 unspecified atom stereocenters. The van der Waals surface area contributed by atoms with Crippen molar-refractivity contribution in [2.75, 3.05) is 0 Å². The van der Waals surface area contributed by atoms with E-state index in [-0.39, 0.29) is 11.8 Å². The Balaban J connectivity index is 2.25. The van der Waals surface area contributed by atoms with Gasteiger partial charge in [0.25, 0.3) is 0 Å². The maximum atomic E-state index is 12.5. The van der Waals surface area contributed by atoms with Gasteiger partial charge in [0.2, 0.25) is 0 Å². The summed E-state index contributed by atoms with van der Waals surface area (Å²) in [6.45, 7) is -0.856. The first kappa shape index (κ1) is 15.4. The van der Waals surface area contributed by atoms with E-state index < -0.39 is 6.61 Å². The van der Waals surface area contributed by atoms with Crippen LogP contribution in [0.2, 0.25) is 0 Å². The van der Waals surface area contributed by atoms with Crippen LogP contribution in [0.5, 0.6) is 5.75 Å². The van der Waals surface area contributed by atoms with Crippen molar-refractivity contribution in [3.63, 3.8) is 0 Å². The number of hydrazine groups is 1. The van der Waals surface area contributed by atoms with Gasteiger partial charge in [-0.2, -0.15) is 8.78 Å². The van der Waals surface area contributed by atoms with Gasteiger partial charge in [0.05, 0.1) is 6.04 Å². The van der Waals surface area contributed by atoms with Crippen molar-refractivity contribution >= 4 is 0 Å².